The molecule has 106 valence electrons. The molecule has 0 heterocycles. The Bertz CT molecular complexity index is 410. The van der Waals surface area contributed by atoms with E-state index in [4.69, 9.17) is 0 Å². The van der Waals surface area contributed by atoms with Gasteiger partial charge in [-0.05, 0) is 61.8 Å². The van der Waals surface area contributed by atoms with Crippen LogP contribution in [-0.4, -0.2) is 6.54 Å². The van der Waals surface area contributed by atoms with Crippen LogP contribution in [0, 0.1) is 25.7 Å². The molecule has 2 rings (SSSR count). The van der Waals surface area contributed by atoms with Gasteiger partial charge in [0.15, 0.2) is 0 Å². The van der Waals surface area contributed by atoms with E-state index >= 15 is 0 Å². The average molecular weight is 259 g/mol. The van der Waals surface area contributed by atoms with Crippen LogP contribution in [0.5, 0.6) is 0 Å². The average Bonchev–Trinajstić information content (AvgIpc) is 2.88. The zero-order valence-corrected chi connectivity index (χ0v) is 13.0. The maximum atomic E-state index is 3.75. The van der Waals surface area contributed by atoms with Crippen molar-refractivity contribution in [2.75, 3.05) is 6.54 Å². The van der Waals surface area contributed by atoms with Gasteiger partial charge in [0.2, 0.25) is 0 Å². The number of hydrogen-bond donors (Lipinski definition) is 1. The predicted molar refractivity (Wildman–Crippen MR) is 83.5 cm³/mol. The van der Waals surface area contributed by atoms with Crippen LogP contribution < -0.4 is 5.32 Å². The van der Waals surface area contributed by atoms with Crippen molar-refractivity contribution in [2.24, 2.45) is 11.8 Å². The van der Waals surface area contributed by atoms with E-state index < -0.39 is 0 Å². The van der Waals surface area contributed by atoms with Crippen LogP contribution in [0.3, 0.4) is 0 Å². The number of benzene rings is 1. The molecule has 0 aromatic heterocycles. The molecule has 1 nitrogen and oxygen atoms in total. The quantitative estimate of drug-likeness (QED) is 0.802. The zero-order chi connectivity index (χ0) is 13.8. The summed E-state index contributed by atoms with van der Waals surface area (Å²) >= 11 is 0. The van der Waals surface area contributed by atoms with Gasteiger partial charge in [-0.25, -0.2) is 0 Å². The molecular weight excluding hydrogens is 230 g/mol. The van der Waals surface area contributed by atoms with Gasteiger partial charge in [-0.2, -0.15) is 0 Å². The van der Waals surface area contributed by atoms with Crippen LogP contribution in [0.15, 0.2) is 18.2 Å². The Morgan fingerprint density at radius 2 is 2.00 bits per heavy atom. The Morgan fingerprint density at radius 1 is 1.21 bits per heavy atom. The van der Waals surface area contributed by atoms with Crippen LogP contribution >= 0.6 is 0 Å². The molecule has 1 aromatic rings. The Morgan fingerprint density at radius 3 is 2.63 bits per heavy atom. The van der Waals surface area contributed by atoms with Crippen molar-refractivity contribution in [1.82, 2.24) is 5.32 Å². The smallest absolute Gasteiger partial charge is 0.0351 e. The van der Waals surface area contributed by atoms with Gasteiger partial charge in [-0.15, -0.1) is 0 Å². The normalized spacial score (nSPS) is 24.6. The van der Waals surface area contributed by atoms with Gasteiger partial charge < -0.3 is 5.32 Å². The number of aryl methyl sites for hydroxylation is 1. The molecule has 1 aromatic carbocycles. The van der Waals surface area contributed by atoms with Crippen LogP contribution in [0.1, 0.15) is 62.3 Å². The molecular formula is C18H29N. The summed E-state index contributed by atoms with van der Waals surface area (Å²) in [6.07, 6.45) is 5.57. The van der Waals surface area contributed by atoms with Crippen molar-refractivity contribution >= 4 is 0 Å². The van der Waals surface area contributed by atoms with E-state index in [0.29, 0.717) is 6.04 Å². The lowest BCUT2D eigenvalue weighted by molar-refractivity contribution is 0.358. The van der Waals surface area contributed by atoms with E-state index in [1.807, 2.05) is 0 Å². The van der Waals surface area contributed by atoms with Crippen molar-refractivity contribution < 1.29 is 0 Å². The maximum absolute atomic E-state index is 3.75. The molecule has 1 aliphatic carbocycles. The SMILES string of the molecule is CCNC(c1cccc(C)c1C)C1CCC(CC)C1. The van der Waals surface area contributed by atoms with Gasteiger partial charge in [0.1, 0.15) is 0 Å². The highest BCUT2D eigenvalue weighted by Crippen LogP contribution is 2.41. The van der Waals surface area contributed by atoms with E-state index in [0.717, 1.165) is 18.4 Å². The molecule has 19 heavy (non-hydrogen) atoms. The second-order valence-electron chi connectivity index (χ2n) is 6.17. The van der Waals surface area contributed by atoms with Gasteiger partial charge in [0.05, 0.1) is 0 Å². The van der Waals surface area contributed by atoms with Crippen molar-refractivity contribution in [2.45, 2.75) is 59.4 Å². The molecule has 1 fully saturated rings. The Hall–Kier alpha value is -0.820. The first-order chi connectivity index (χ1) is 9.17. The second-order valence-corrected chi connectivity index (χ2v) is 6.17. The number of nitrogens with one attached hydrogen (secondary N) is 1. The first-order valence-corrected chi connectivity index (χ1v) is 7.96. The minimum atomic E-state index is 0.557. The fraction of sp³-hybridized carbons (Fsp3) is 0.667. The van der Waals surface area contributed by atoms with Crippen LogP contribution in [0.2, 0.25) is 0 Å². The summed E-state index contributed by atoms with van der Waals surface area (Å²) < 4.78 is 0. The van der Waals surface area contributed by atoms with Crippen molar-refractivity contribution in [3.63, 3.8) is 0 Å². The molecule has 3 atom stereocenters. The molecule has 1 heteroatoms. The highest BCUT2D eigenvalue weighted by molar-refractivity contribution is 5.35. The van der Waals surface area contributed by atoms with Gasteiger partial charge in [-0.1, -0.05) is 44.9 Å². The lowest BCUT2D eigenvalue weighted by atomic mass is 9.87. The molecule has 1 aliphatic rings. The molecule has 0 saturated heterocycles. The lowest BCUT2D eigenvalue weighted by Crippen LogP contribution is -2.28. The first kappa shape index (κ1) is 14.6. The Labute approximate surface area is 118 Å². The van der Waals surface area contributed by atoms with Crippen molar-refractivity contribution in [1.29, 1.82) is 0 Å². The molecule has 0 aliphatic heterocycles. The van der Waals surface area contributed by atoms with Crippen molar-refractivity contribution in [3.05, 3.63) is 34.9 Å². The lowest BCUT2D eigenvalue weighted by Gasteiger charge is -2.27. The van der Waals surface area contributed by atoms with E-state index in [1.165, 1.54) is 42.4 Å². The first-order valence-electron chi connectivity index (χ1n) is 7.96. The Kier molecular flexibility index (Phi) is 5.04. The molecule has 1 N–H and O–H groups in total. The molecule has 0 spiro atoms. The van der Waals surface area contributed by atoms with Crippen molar-refractivity contribution in [3.8, 4) is 0 Å². The van der Waals surface area contributed by atoms with Gasteiger partial charge in [-0.3, -0.25) is 0 Å². The third-order valence-corrected chi connectivity index (χ3v) is 5.04. The summed E-state index contributed by atoms with van der Waals surface area (Å²) in [6.45, 7) is 10.1. The summed E-state index contributed by atoms with van der Waals surface area (Å²) in [5.41, 5.74) is 4.43. The zero-order valence-electron chi connectivity index (χ0n) is 13.0. The highest BCUT2D eigenvalue weighted by Gasteiger charge is 2.31. The summed E-state index contributed by atoms with van der Waals surface area (Å²) in [5, 5.41) is 3.75. The number of rotatable bonds is 5. The maximum Gasteiger partial charge on any atom is 0.0351 e. The monoisotopic (exact) mass is 259 g/mol. The summed E-state index contributed by atoms with van der Waals surface area (Å²) in [7, 11) is 0. The van der Waals surface area contributed by atoms with Crippen LogP contribution in [0.25, 0.3) is 0 Å². The molecule has 0 bridgehead atoms. The van der Waals surface area contributed by atoms with Crippen LogP contribution in [0.4, 0.5) is 0 Å². The summed E-state index contributed by atoms with van der Waals surface area (Å²) in [4.78, 5) is 0. The predicted octanol–water partition coefficient (Wildman–Crippen LogP) is 4.78. The summed E-state index contributed by atoms with van der Waals surface area (Å²) in [5.74, 6) is 1.78. The molecule has 0 amide bonds. The fourth-order valence-corrected chi connectivity index (χ4v) is 3.65. The molecule has 3 unspecified atom stereocenters. The fourth-order valence-electron chi connectivity index (χ4n) is 3.65. The highest BCUT2D eigenvalue weighted by atomic mass is 14.9. The summed E-state index contributed by atoms with van der Waals surface area (Å²) in [6, 6.07) is 7.33. The van der Waals surface area contributed by atoms with Gasteiger partial charge in [0.25, 0.3) is 0 Å². The van der Waals surface area contributed by atoms with E-state index in [1.54, 1.807) is 0 Å². The largest absolute Gasteiger partial charge is 0.310 e. The topological polar surface area (TPSA) is 12.0 Å². The van der Waals surface area contributed by atoms with E-state index in [9.17, 15) is 0 Å². The molecule has 0 radical (unpaired) electrons. The standard InChI is InChI=1S/C18H29N/c1-5-15-10-11-16(12-15)18(19-6-2)17-9-7-8-13(3)14(17)4/h7-9,15-16,18-19H,5-6,10-12H2,1-4H3. The minimum Gasteiger partial charge on any atom is -0.310 e. The third-order valence-electron chi connectivity index (χ3n) is 5.04. The van der Waals surface area contributed by atoms with E-state index in [2.05, 4.69) is 51.2 Å². The van der Waals surface area contributed by atoms with Gasteiger partial charge in [0, 0.05) is 6.04 Å². The third kappa shape index (κ3) is 3.20. The Balaban J connectivity index is 2.22. The second kappa shape index (κ2) is 6.56. The van der Waals surface area contributed by atoms with Gasteiger partial charge >= 0.3 is 0 Å². The van der Waals surface area contributed by atoms with E-state index in [-0.39, 0.29) is 0 Å². The number of hydrogen-bond acceptors (Lipinski definition) is 1. The minimum absolute atomic E-state index is 0.557. The molecule has 1 saturated carbocycles. The van der Waals surface area contributed by atoms with Crippen LogP contribution in [-0.2, 0) is 0 Å².